The molecular formula is C34H54N6O8. The fraction of sp³-hybridized carbons (Fsp3) is 0.647. The molecule has 5 amide bonds. The largest absolute Gasteiger partial charge is 0.467 e. The monoisotopic (exact) mass is 674 g/mol. The molecule has 1 aromatic rings. The van der Waals surface area contributed by atoms with Crippen LogP contribution in [0.3, 0.4) is 0 Å². The summed E-state index contributed by atoms with van der Waals surface area (Å²) in [7, 11) is 1.27. The summed E-state index contributed by atoms with van der Waals surface area (Å²) in [4.78, 5) is 78.1. The van der Waals surface area contributed by atoms with Crippen molar-refractivity contribution in [3.63, 3.8) is 0 Å². The van der Waals surface area contributed by atoms with Crippen LogP contribution in [0.15, 0.2) is 30.3 Å². The highest BCUT2D eigenvalue weighted by atomic mass is 16.5. The van der Waals surface area contributed by atoms with E-state index in [4.69, 9.17) is 10.5 Å². The summed E-state index contributed by atoms with van der Waals surface area (Å²) in [5.41, 5.74) is 6.25. The molecule has 7 N–H and O–H groups in total. The minimum absolute atomic E-state index is 0.0218. The van der Waals surface area contributed by atoms with E-state index in [-0.39, 0.29) is 30.7 Å². The van der Waals surface area contributed by atoms with Crippen LogP contribution in [0.1, 0.15) is 72.3 Å². The number of likely N-dealkylation sites (tertiary alicyclic amines) is 1. The van der Waals surface area contributed by atoms with Gasteiger partial charge in [0.2, 0.25) is 29.5 Å². The summed E-state index contributed by atoms with van der Waals surface area (Å²) in [5.74, 6) is -3.63. The number of hydrogen-bond acceptors (Lipinski definition) is 9. The van der Waals surface area contributed by atoms with Gasteiger partial charge in [0.1, 0.15) is 18.1 Å². The Kier molecular flexibility index (Phi) is 16.5. The molecular weight excluding hydrogens is 620 g/mol. The highest BCUT2D eigenvalue weighted by Gasteiger charge is 2.37. The van der Waals surface area contributed by atoms with Gasteiger partial charge in [0.05, 0.1) is 31.7 Å². The number of β-amino-alcohol motifs (C(OH)–C–C–N with tert-alkyl or cyclic N) is 1. The maximum atomic E-state index is 13.6. The van der Waals surface area contributed by atoms with Crippen molar-refractivity contribution in [3.8, 4) is 0 Å². The molecule has 48 heavy (non-hydrogen) atoms. The van der Waals surface area contributed by atoms with Crippen molar-refractivity contribution in [2.45, 2.75) is 109 Å². The molecule has 2 rings (SSSR count). The fourth-order valence-corrected chi connectivity index (χ4v) is 5.82. The Balaban J connectivity index is 2.27. The maximum Gasteiger partial charge on any atom is 0.328 e. The summed E-state index contributed by atoms with van der Waals surface area (Å²) < 4.78 is 4.91. The van der Waals surface area contributed by atoms with Gasteiger partial charge in [-0.15, -0.1) is 0 Å². The van der Waals surface area contributed by atoms with Gasteiger partial charge in [-0.2, -0.15) is 0 Å². The molecule has 1 heterocycles. The average molecular weight is 675 g/mol. The minimum Gasteiger partial charge on any atom is -0.467 e. The van der Waals surface area contributed by atoms with Crippen LogP contribution in [-0.2, 0) is 39.9 Å². The Morgan fingerprint density at radius 1 is 0.979 bits per heavy atom. The van der Waals surface area contributed by atoms with E-state index in [1.54, 1.807) is 0 Å². The lowest BCUT2D eigenvalue weighted by atomic mass is 9.98. The molecule has 0 aromatic heterocycles. The van der Waals surface area contributed by atoms with E-state index >= 15 is 0 Å². The van der Waals surface area contributed by atoms with Crippen molar-refractivity contribution < 1.29 is 38.6 Å². The molecule has 1 fully saturated rings. The number of aliphatic hydroxyl groups excluding tert-OH is 1. The number of aliphatic hydroxyl groups is 1. The highest BCUT2D eigenvalue weighted by molar-refractivity contribution is 5.94. The van der Waals surface area contributed by atoms with Crippen molar-refractivity contribution in [2.75, 3.05) is 20.2 Å². The smallest absolute Gasteiger partial charge is 0.328 e. The van der Waals surface area contributed by atoms with Crippen LogP contribution in [0.5, 0.6) is 0 Å². The zero-order chi connectivity index (χ0) is 36.0. The molecule has 0 saturated carbocycles. The van der Waals surface area contributed by atoms with Crippen LogP contribution in [0.2, 0.25) is 0 Å². The standard InChI is InChI=1S/C34H54N6O8/c1-7-21(4)30(34(47)48-6)39-33(46)27-14-11-15-40(27)19-28(42)24(17-23-12-9-8-10-13-23)37-32(45)26(18-29(35)43)38-31(44)25(16-20(2)3)36-22(5)41/h8-10,12-13,20-21,24-28,30,42H,7,11,14-19H2,1-6H3,(H2,35,43)(H,36,41)(H,37,45)(H,38,44)(H,39,46)/t21-,24-,25-,26-,27+,28-,30-/m0/s1. The van der Waals surface area contributed by atoms with E-state index in [2.05, 4.69) is 21.3 Å². The molecule has 1 aliphatic rings. The fourth-order valence-electron chi connectivity index (χ4n) is 5.82. The lowest BCUT2D eigenvalue weighted by Crippen LogP contribution is -2.59. The molecule has 0 aliphatic carbocycles. The van der Waals surface area contributed by atoms with Crippen molar-refractivity contribution in [3.05, 3.63) is 35.9 Å². The Labute approximate surface area is 283 Å². The first-order valence-corrected chi connectivity index (χ1v) is 16.7. The third-order valence-electron chi connectivity index (χ3n) is 8.58. The number of carbonyl (C=O) groups is 6. The number of hydrogen-bond donors (Lipinski definition) is 6. The summed E-state index contributed by atoms with van der Waals surface area (Å²) in [5, 5.41) is 22.3. The molecule has 1 saturated heterocycles. The van der Waals surface area contributed by atoms with Crippen LogP contribution >= 0.6 is 0 Å². The molecule has 0 bridgehead atoms. The summed E-state index contributed by atoms with van der Waals surface area (Å²) in [6, 6.07) is 4.54. The number of rotatable bonds is 19. The molecule has 0 spiro atoms. The number of benzene rings is 1. The topological polar surface area (TPSA) is 209 Å². The second kappa shape index (κ2) is 19.7. The number of nitrogens with one attached hydrogen (secondary N) is 4. The van der Waals surface area contributed by atoms with Crippen LogP contribution < -0.4 is 27.0 Å². The molecule has 268 valence electrons. The van der Waals surface area contributed by atoms with E-state index in [1.165, 1.54) is 14.0 Å². The van der Waals surface area contributed by atoms with Crippen LogP contribution in [0, 0.1) is 11.8 Å². The Morgan fingerprint density at radius 2 is 1.62 bits per heavy atom. The van der Waals surface area contributed by atoms with Crippen molar-refractivity contribution in [1.29, 1.82) is 0 Å². The molecule has 0 unspecified atom stereocenters. The van der Waals surface area contributed by atoms with Crippen molar-refractivity contribution >= 4 is 35.5 Å². The third kappa shape index (κ3) is 12.9. The molecule has 14 nitrogen and oxygen atoms in total. The molecule has 1 aliphatic heterocycles. The second-order valence-corrected chi connectivity index (χ2v) is 13.0. The van der Waals surface area contributed by atoms with E-state index < -0.39 is 72.3 Å². The van der Waals surface area contributed by atoms with Gasteiger partial charge >= 0.3 is 5.97 Å². The third-order valence-corrected chi connectivity index (χ3v) is 8.58. The number of nitrogens with zero attached hydrogens (tertiary/aromatic N) is 1. The predicted molar refractivity (Wildman–Crippen MR) is 179 cm³/mol. The van der Waals surface area contributed by atoms with Gasteiger partial charge in [-0.3, -0.25) is 28.9 Å². The number of amides is 5. The number of methoxy groups -OCH3 is 1. The SMILES string of the molecule is CC[C@H](C)[C@H](NC(=O)[C@H]1CCCN1C[C@H](O)[C@H](Cc1ccccc1)NC(=O)[C@H](CC(N)=O)NC(=O)[C@H](CC(C)C)NC(C)=O)C(=O)OC. The number of ether oxygens (including phenoxy) is 1. The summed E-state index contributed by atoms with van der Waals surface area (Å²) >= 11 is 0. The van der Waals surface area contributed by atoms with Crippen molar-refractivity contribution in [1.82, 2.24) is 26.2 Å². The predicted octanol–water partition coefficient (Wildman–Crippen LogP) is 0.154. The summed E-state index contributed by atoms with van der Waals surface area (Å²) in [6.07, 6.45) is 0.672. The van der Waals surface area contributed by atoms with Gasteiger partial charge in [-0.1, -0.05) is 64.4 Å². The minimum atomic E-state index is -1.37. The maximum absolute atomic E-state index is 13.6. The molecule has 1 aromatic carbocycles. The van der Waals surface area contributed by atoms with Gasteiger partial charge in [0.25, 0.3) is 0 Å². The lowest BCUT2D eigenvalue weighted by molar-refractivity contribution is -0.147. The molecule has 7 atom stereocenters. The molecule has 14 heteroatoms. The number of esters is 1. The van der Waals surface area contributed by atoms with Gasteiger partial charge in [0.15, 0.2) is 0 Å². The van der Waals surface area contributed by atoms with E-state index in [0.717, 1.165) is 5.56 Å². The van der Waals surface area contributed by atoms with E-state index in [0.29, 0.717) is 32.2 Å². The summed E-state index contributed by atoms with van der Waals surface area (Å²) in [6.45, 7) is 9.33. The first-order valence-electron chi connectivity index (χ1n) is 16.7. The van der Waals surface area contributed by atoms with Crippen LogP contribution in [0.25, 0.3) is 0 Å². The van der Waals surface area contributed by atoms with Gasteiger partial charge in [-0.25, -0.2) is 4.79 Å². The average Bonchev–Trinajstić information content (AvgIpc) is 3.49. The van der Waals surface area contributed by atoms with Gasteiger partial charge in [-0.05, 0) is 49.6 Å². The normalized spacial score (nSPS) is 18.5. The Morgan fingerprint density at radius 3 is 2.19 bits per heavy atom. The highest BCUT2D eigenvalue weighted by Crippen LogP contribution is 2.21. The number of carbonyl (C=O) groups excluding carboxylic acids is 6. The Bertz CT molecular complexity index is 1250. The van der Waals surface area contributed by atoms with E-state index in [9.17, 15) is 33.9 Å². The molecule has 0 radical (unpaired) electrons. The van der Waals surface area contributed by atoms with Crippen LogP contribution in [-0.4, -0.2) is 102 Å². The van der Waals surface area contributed by atoms with Gasteiger partial charge < -0.3 is 36.8 Å². The van der Waals surface area contributed by atoms with Crippen molar-refractivity contribution in [2.24, 2.45) is 17.6 Å². The number of nitrogens with two attached hydrogens (primary N) is 1. The Hall–Kier alpha value is -4.04. The first-order chi connectivity index (χ1) is 22.7. The quantitative estimate of drug-likeness (QED) is 0.110. The zero-order valence-electron chi connectivity index (χ0n) is 29.0. The number of primary amides is 1. The second-order valence-electron chi connectivity index (χ2n) is 13.0. The lowest BCUT2D eigenvalue weighted by Gasteiger charge is -2.32. The van der Waals surface area contributed by atoms with Gasteiger partial charge in [0, 0.05) is 13.5 Å². The first kappa shape index (κ1) is 40.1. The zero-order valence-corrected chi connectivity index (χ0v) is 29.0. The van der Waals surface area contributed by atoms with E-state index in [1.807, 2.05) is 62.9 Å². The van der Waals surface area contributed by atoms with Crippen LogP contribution in [0.4, 0.5) is 0 Å².